The minimum absolute atomic E-state index is 0.452. The Kier molecular flexibility index (Phi) is 5.01. The molecule has 0 unspecified atom stereocenters. The monoisotopic (exact) mass is 326 g/mol. The molecule has 1 aliphatic rings. The van der Waals surface area contributed by atoms with Gasteiger partial charge in [-0.05, 0) is 48.0 Å². The van der Waals surface area contributed by atoms with Crippen LogP contribution in [0.5, 0.6) is 23.0 Å². The van der Waals surface area contributed by atoms with Crippen LogP contribution in [0, 0.1) is 0 Å². The number of hydrogen-bond donors (Lipinski definition) is 0. The summed E-state index contributed by atoms with van der Waals surface area (Å²) < 4.78 is 21.5. The summed E-state index contributed by atoms with van der Waals surface area (Å²) in [7, 11) is 1.58. The lowest BCUT2D eigenvalue weighted by Crippen LogP contribution is -2.03. The summed E-state index contributed by atoms with van der Waals surface area (Å²) >= 11 is 0. The van der Waals surface area contributed by atoms with Gasteiger partial charge in [0.05, 0.1) is 20.3 Å². The smallest absolute Gasteiger partial charge is 0.336 e. The van der Waals surface area contributed by atoms with Crippen molar-refractivity contribution in [3.05, 3.63) is 54.1 Å². The SMILES string of the molecule is COc1ccc(OC(=O)/C=C/c2ccc3c(c2)OCCCO3)cc1. The number of fused-ring (bicyclic) bond motifs is 1. The second kappa shape index (κ2) is 7.55. The van der Waals surface area contributed by atoms with Gasteiger partial charge in [-0.3, -0.25) is 0 Å². The maximum absolute atomic E-state index is 11.9. The van der Waals surface area contributed by atoms with E-state index in [4.69, 9.17) is 18.9 Å². The molecule has 0 spiro atoms. The fourth-order valence-electron chi connectivity index (χ4n) is 2.24. The van der Waals surface area contributed by atoms with Crippen molar-refractivity contribution in [1.82, 2.24) is 0 Å². The van der Waals surface area contributed by atoms with E-state index in [1.807, 2.05) is 18.2 Å². The Morgan fingerprint density at radius 2 is 1.71 bits per heavy atom. The molecule has 0 fully saturated rings. The Morgan fingerprint density at radius 1 is 1.00 bits per heavy atom. The van der Waals surface area contributed by atoms with Gasteiger partial charge in [-0.25, -0.2) is 4.79 Å². The molecule has 124 valence electrons. The number of benzene rings is 2. The van der Waals surface area contributed by atoms with E-state index in [-0.39, 0.29) is 0 Å². The van der Waals surface area contributed by atoms with E-state index in [0.29, 0.717) is 30.5 Å². The van der Waals surface area contributed by atoms with E-state index >= 15 is 0 Å². The molecule has 1 aliphatic heterocycles. The van der Waals surface area contributed by atoms with Crippen molar-refractivity contribution in [2.24, 2.45) is 0 Å². The van der Waals surface area contributed by atoms with E-state index in [1.165, 1.54) is 6.08 Å². The Bertz CT molecular complexity index is 734. The highest BCUT2D eigenvalue weighted by Gasteiger charge is 2.10. The number of rotatable bonds is 4. The summed E-state index contributed by atoms with van der Waals surface area (Å²) in [6, 6.07) is 12.4. The number of esters is 1. The second-order valence-corrected chi connectivity index (χ2v) is 5.19. The topological polar surface area (TPSA) is 54.0 Å². The lowest BCUT2D eigenvalue weighted by molar-refractivity contribution is -0.128. The Morgan fingerprint density at radius 3 is 2.46 bits per heavy atom. The van der Waals surface area contributed by atoms with Gasteiger partial charge in [0.2, 0.25) is 0 Å². The van der Waals surface area contributed by atoms with Crippen LogP contribution in [-0.4, -0.2) is 26.3 Å². The average Bonchev–Trinajstić information content (AvgIpc) is 2.85. The van der Waals surface area contributed by atoms with Crippen molar-refractivity contribution in [3.63, 3.8) is 0 Å². The van der Waals surface area contributed by atoms with Gasteiger partial charge in [-0.2, -0.15) is 0 Å². The molecule has 2 aromatic carbocycles. The molecule has 3 rings (SSSR count). The van der Waals surface area contributed by atoms with Crippen molar-refractivity contribution in [1.29, 1.82) is 0 Å². The first-order chi connectivity index (χ1) is 11.7. The van der Waals surface area contributed by atoms with Crippen molar-refractivity contribution in [2.45, 2.75) is 6.42 Å². The van der Waals surface area contributed by atoms with Gasteiger partial charge in [0.25, 0.3) is 0 Å². The predicted octanol–water partition coefficient (Wildman–Crippen LogP) is 3.48. The number of hydrogen-bond acceptors (Lipinski definition) is 5. The second-order valence-electron chi connectivity index (χ2n) is 5.19. The predicted molar refractivity (Wildman–Crippen MR) is 89.7 cm³/mol. The Balaban J connectivity index is 1.64. The molecule has 0 amide bonds. The first-order valence-electron chi connectivity index (χ1n) is 7.68. The molecular formula is C19H18O5. The number of methoxy groups -OCH3 is 1. The number of ether oxygens (including phenoxy) is 4. The van der Waals surface area contributed by atoms with Gasteiger partial charge in [-0.1, -0.05) is 6.07 Å². The van der Waals surface area contributed by atoms with Crippen LogP contribution in [0.15, 0.2) is 48.5 Å². The molecule has 2 aromatic rings. The lowest BCUT2D eigenvalue weighted by atomic mass is 10.2. The van der Waals surface area contributed by atoms with Crippen molar-refractivity contribution in [2.75, 3.05) is 20.3 Å². The Hall–Kier alpha value is -2.95. The van der Waals surface area contributed by atoms with Crippen molar-refractivity contribution < 1.29 is 23.7 Å². The van der Waals surface area contributed by atoms with Gasteiger partial charge < -0.3 is 18.9 Å². The largest absolute Gasteiger partial charge is 0.497 e. The summed E-state index contributed by atoms with van der Waals surface area (Å²) in [5.41, 5.74) is 0.839. The highest BCUT2D eigenvalue weighted by atomic mass is 16.5. The van der Waals surface area contributed by atoms with E-state index < -0.39 is 5.97 Å². The minimum atomic E-state index is -0.452. The molecule has 24 heavy (non-hydrogen) atoms. The molecule has 0 saturated carbocycles. The van der Waals surface area contributed by atoms with Crippen LogP contribution in [0.1, 0.15) is 12.0 Å². The molecule has 0 bridgehead atoms. The zero-order valence-electron chi connectivity index (χ0n) is 13.4. The third-order valence-corrected chi connectivity index (χ3v) is 3.46. The summed E-state index contributed by atoms with van der Waals surface area (Å²) in [4.78, 5) is 11.9. The van der Waals surface area contributed by atoms with Gasteiger partial charge in [0, 0.05) is 12.5 Å². The number of carbonyl (C=O) groups is 1. The molecule has 5 nitrogen and oxygen atoms in total. The zero-order valence-corrected chi connectivity index (χ0v) is 13.4. The van der Waals surface area contributed by atoms with Crippen LogP contribution < -0.4 is 18.9 Å². The Labute approximate surface area is 140 Å². The molecule has 1 heterocycles. The van der Waals surface area contributed by atoms with Crippen LogP contribution in [0.2, 0.25) is 0 Å². The lowest BCUT2D eigenvalue weighted by Gasteiger charge is -2.07. The quantitative estimate of drug-likeness (QED) is 0.489. The van der Waals surface area contributed by atoms with Crippen molar-refractivity contribution in [3.8, 4) is 23.0 Å². The fourth-order valence-corrected chi connectivity index (χ4v) is 2.24. The normalized spacial score (nSPS) is 13.4. The molecule has 0 N–H and O–H groups in total. The summed E-state index contributed by atoms with van der Waals surface area (Å²) in [5.74, 6) is 2.14. The maximum Gasteiger partial charge on any atom is 0.336 e. The van der Waals surface area contributed by atoms with E-state index in [0.717, 1.165) is 17.7 Å². The fraction of sp³-hybridized carbons (Fsp3) is 0.211. The van der Waals surface area contributed by atoms with Gasteiger partial charge in [0.1, 0.15) is 11.5 Å². The molecular weight excluding hydrogens is 308 g/mol. The summed E-state index contributed by atoms with van der Waals surface area (Å²) in [5, 5.41) is 0. The summed E-state index contributed by atoms with van der Waals surface area (Å²) in [6.07, 6.45) is 3.91. The van der Waals surface area contributed by atoms with Crippen LogP contribution >= 0.6 is 0 Å². The van der Waals surface area contributed by atoms with E-state index in [2.05, 4.69) is 0 Å². The zero-order chi connectivity index (χ0) is 16.8. The maximum atomic E-state index is 11.9. The highest BCUT2D eigenvalue weighted by Crippen LogP contribution is 2.30. The molecule has 5 heteroatoms. The third kappa shape index (κ3) is 4.07. The average molecular weight is 326 g/mol. The van der Waals surface area contributed by atoms with Gasteiger partial charge in [-0.15, -0.1) is 0 Å². The molecule has 0 saturated heterocycles. The van der Waals surface area contributed by atoms with E-state index in [9.17, 15) is 4.79 Å². The van der Waals surface area contributed by atoms with Gasteiger partial charge in [0.15, 0.2) is 11.5 Å². The first-order valence-corrected chi connectivity index (χ1v) is 7.68. The molecule has 0 radical (unpaired) electrons. The molecule has 0 atom stereocenters. The van der Waals surface area contributed by atoms with Crippen LogP contribution in [0.25, 0.3) is 6.08 Å². The van der Waals surface area contributed by atoms with Crippen LogP contribution in [0.4, 0.5) is 0 Å². The highest BCUT2D eigenvalue weighted by molar-refractivity contribution is 5.88. The molecule has 0 aliphatic carbocycles. The molecule has 0 aromatic heterocycles. The third-order valence-electron chi connectivity index (χ3n) is 3.46. The van der Waals surface area contributed by atoms with Gasteiger partial charge >= 0.3 is 5.97 Å². The summed E-state index contributed by atoms with van der Waals surface area (Å²) in [6.45, 7) is 1.27. The van der Waals surface area contributed by atoms with Crippen LogP contribution in [0.3, 0.4) is 0 Å². The van der Waals surface area contributed by atoms with Crippen LogP contribution in [-0.2, 0) is 4.79 Å². The van der Waals surface area contributed by atoms with Crippen molar-refractivity contribution >= 4 is 12.0 Å². The van der Waals surface area contributed by atoms with E-state index in [1.54, 1.807) is 37.5 Å². The number of carbonyl (C=O) groups excluding carboxylic acids is 1. The standard InChI is InChI=1S/C19H18O5/c1-21-15-5-7-16(8-6-15)24-19(20)10-4-14-3-9-17-18(13-14)23-12-2-11-22-17/h3-10,13H,2,11-12H2,1H3/b10-4+. The first kappa shape index (κ1) is 15.9. The minimum Gasteiger partial charge on any atom is -0.497 e.